The Hall–Kier alpha value is -1.42. The maximum atomic E-state index is 13.6. The number of Topliss-reactive ketones (excluding diaryl/α,β-unsaturated/α-hetero) is 1. The SMILES string of the molecule is CCN(CC)CCOc1ccc(C(C)=O)cc1F. The number of likely N-dealkylation sites (N-methyl/N-ethyl adjacent to an activating group) is 1. The molecule has 1 aromatic carbocycles. The average molecular weight is 253 g/mol. The lowest BCUT2D eigenvalue weighted by molar-refractivity contribution is 0.101. The third kappa shape index (κ3) is 4.11. The van der Waals surface area contributed by atoms with Gasteiger partial charge in [-0.15, -0.1) is 0 Å². The summed E-state index contributed by atoms with van der Waals surface area (Å²) in [5.41, 5.74) is 0.364. The number of nitrogens with zero attached hydrogens (tertiary/aromatic N) is 1. The first-order valence-corrected chi connectivity index (χ1v) is 6.24. The molecule has 0 aliphatic heterocycles. The minimum absolute atomic E-state index is 0.149. The van der Waals surface area contributed by atoms with Crippen LogP contribution in [0.15, 0.2) is 18.2 Å². The highest BCUT2D eigenvalue weighted by Gasteiger charge is 2.08. The van der Waals surface area contributed by atoms with Gasteiger partial charge < -0.3 is 9.64 Å². The predicted octanol–water partition coefficient (Wildman–Crippen LogP) is 2.75. The van der Waals surface area contributed by atoms with E-state index in [1.165, 1.54) is 19.1 Å². The summed E-state index contributed by atoms with van der Waals surface area (Å²) in [7, 11) is 0. The first-order chi connectivity index (χ1) is 8.58. The number of ketones is 1. The molecule has 0 saturated heterocycles. The van der Waals surface area contributed by atoms with E-state index in [9.17, 15) is 9.18 Å². The van der Waals surface area contributed by atoms with Crippen LogP contribution in [0.3, 0.4) is 0 Å². The highest BCUT2D eigenvalue weighted by molar-refractivity contribution is 5.94. The Morgan fingerprint density at radius 1 is 1.33 bits per heavy atom. The molecule has 0 amide bonds. The van der Waals surface area contributed by atoms with Gasteiger partial charge in [-0.2, -0.15) is 0 Å². The standard InChI is InChI=1S/C14H20FNO2/c1-4-16(5-2)8-9-18-14-7-6-12(11(3)17)10-13(14)15/h6-7,10H,4-5,8-9H2,1-3H3. The van der Waals surface area contributed by atoms with E-state index in [-0.39, 0.29) is 11.5 Å². The van der Waals surface area contributed by atoms with E-state index in [1.54, 1.807) is 6.07 Å². The number of ether oxygens (including phenoxy) is 1. The quantitative estimate of drug-likeness (QED) is 0.700. The summed E-state index contributed by atoms with van der Waals surface area (Å²) in [5, 5.41) is 0. The van der Waals surface area contributed by atoms with Gasteiger partial charge in [0.15, 0.2) is 17.3 Å². The van der Waals surface area contributed by atoms with Crippen LogP contribution in [0.5, 0.6) is 5.75 Å². The van der Waals surface area contributed by atoms with Gasteiger partial charge in [-0.1, -0.05) is 13.8 Å². The van der Waals surface area contributed by atoms with Gasteiger partial charge in [0.25, 0.3) is 0 Å². The minimum atomic E-state index is -0.484. The van der Waals surface area contributed by atoms with Crippen molar-refractivity contribution in [3.8, 4) is 5.75 Å². The van der Waals surface area contributed by atoms with Crippen LogP contribution in [-0.2, 0) is 0 Å². The topological polar surface area (TPSA) is 29.5 Å². The Kier molecular flexibility index (Phi) is 5.78. The molecule has 0 N–H and O–H groups in total. The Labute approximate surface area is 108 Å². The summed E-state index contributed by atoms with van der Waals surface area (Å²) in [6.45, 7) is 8.67. The van der Waals surface area contributed by atoms with Gasteiger partial charge >= 0.3 is 0 Å². The zero-order valence-corrected chi connectivity index (χ0v) is 11.2. The summed E-state index contributed by atoms with van der Waals surface area (Å²) >= 11 is 0. The number of halogens is 1. The van der Waals surface area contributed by atoms with Crippen LogP contribution in [0.1, 0.15) is 31.1 Å². The second-order valence-corrected chi connectivity index (χ2v) is 4.08. The van der Waals surface area contributed by atoms with Crippen molar-refractivity contribution in [2.24, 2.45) is 0 Å². The van der Waals surface area contributed by atoms with Crippen molar-refractivity contribution in [2.45, 2.75) is 20.8 Å². The Balaban J connectivity index is 2.55. The van der Waals surface area contributed by atoms with Crippen LogP contribution in [0.2, 0.25) is 0 Å². The monoisotopic (exact) mass is 253 g/mol. The minimum Gasteiger partial charge on any atom is -0.489 e. The molecule has 0 atom stereocenters. The summed E-state index contributed by atoms with van der Waals surface area (Å²) < 4.78 is 19.0. The van der Waals surface area contributed by atoms with E-state index in [2.05, 4.69) is 18.7 Å². The first-order valence-electron chi connectivity index (χ1n) is 6.24. The smallest absolute Gasteiger partial charge is 0.165 e. The summed E-state index contributed by atoms with van der Waals surface area (Å²) in [5.74, 6) is -0.432. The van der Waals surface area contributed by atoms with E-state index in [1.807, 2.05) is 0 Å². The molecule has 0 bridgehead atoms. The fourth-order valence-electron chi connectivity index (χ4n) is 1.66. The lowest BCUT2D eigenvalue weighted by Crippen LogP contribution is -2.28. The fourth-order valence-corrected chi connectivity index (χ4v) is 1.66. The van der Waals surface area contributed by atoms with Crippen LogP contribution >= 0.6 is 0 Å². The lowest BCUT2D eigenvalue weighted by atomic mass is 10.1. The van der Waals surface area contributed by atoms with Gasteiger partial charge in [-0.25, -0.2) is 4.39 Å². The molecule has 0 saturated carbocycles. The number of rotatable bonds is 7. The van der Waals surface area contributed by atoms with Gasteiger partial charge in [-0.05, 0) is 38.2 Å². The molecule has 0 heterocycles. The second-order valence-electron chi connectivity index (χ2n) is 4.08. The highest BCUT2D eigenvalue weighted by Crippen LogP contribution is 2.18. The molecule has 0 radical (unpaired) electrons. The van der Waals surface area contributed by atoms with E-state index >= 15 is 0 Å². The number of benzene rings is 1. The molecule has 18 heavy (non-hydrogen) atoms. The van der Waals surface area contributed by atoms with E-state index in [4.69, 9.17) is 4.74 Å². The van der Waals surface area contributed by atoms with Crippen molar-refractivity contribution < 1.29 is 13.9 Å². The average Bonchev–Trinajstić information content (AvgIpc) is 2.36. The molecular formula is C14H20FNO2. The molecule has 0 aliphatic rings. The van der Waals surface area contributed by atoms with Crippen molar-refractivity contribution in [3.63, 3.8) is 0 Å². The van der Waals surface area contributed by atoms with Gasteiger partial charge in [0.05, 0.1) is 0 Å². The van der Waals surface area contributed by atoms with Crippen molar-refractivity contribution in [3.05, 3.63) is 29.6 Å². The molecular weight excluding hydrogens is 233 g/mol. The van der Waals surface area contributed by atoms with E-state index < -0.39 is 5.82 Å². The van der Waals surface area contributed by atoms with Crippen molar-refractivity contribution in [2.75, 3.05) is 26.2 Å². The van der Waals surface area contributed by atoms with Crippen LogP contribution in [0, 0.1) is 5.82 Å². The largest absolute Gasteiger partial charge is 0.489 e. The molecule has 0 aliphatic carbocycles. The third-order valence-electron chi connectivity index (χ3n) is 2.90. The maximum absolute atomic E-state index is 13.6. The van der Waals surface area contributed by atoms with Gasteiger partial charge in [0, 0.05) is 12.1 Å². The molecule has 100 valence electrons. The number of hydrogen-bond acceptors (Lipinski definition) is 3. The molecule has 1 rings (SSSR count). The zero-order valence-electron chi connectivity index (χ0n) is 11.2. The molecule has 0 unspecified atom stereocenters. The number of hydrogen-bond donors (Lipinski definition) is 0. The fraction of sp³-hybridized carbons (Fsp3) is 0.500. The van der Waals surface area contributed by atoms with Crippen molar-refractivity contribution in [1.82, 2.24) is 4.90 Å². The van der Waals surface area contributed by atoms with Gasteiger partial charge in [0.2, 0.25) is 0 Å². The highest BCUT2D eigenvalue weighted by atomic mass is 19.1. The van der Waals surface area contributed by atoms with Crippen LogP contribution < -0.4 is 4.74 Å². The molecule has 4 heteroatoms. The van der Waals surface area contributed by atoms with Crippen LogP contribution in [-0.4, -0.2) is 36.9 Å². The maximum Gasteiger partial charge on any atom is 0.165 e. The van der Waals surface area contributed by atoms with Gasteiger partial charge in [-0.3, -0.25) is 4.79 Å². The van der Waals surface area contributed by atoms with Crippen LogP contribution in [0.25, 0.3) is 0 Å². The van der Waals surface area contributed by atoms with Gasteiger partial charge in [0.1, 0.15) is 6.61 Å². The van der Waals surface area contributed by atoms with E-state index in [0.717, 1.165) is 19.6 Å². The van der Waals surface area contributed by atoms with Crippen LogP contribution in [0.4, 0.5) is 4.39 Å². The van der Waals surface area contributed by atoms with Crippen molar-refractivity contribution in [1.29, 1.82) is 0 Å². The molecule has 0 spiro atoms. The molecule has 3 nitrogen and oxygen atoms in total. The Bertz CT molecular complexity index is 403. The molecule has 0 aromatic heterocycles. The number of carbonyl (C=O) groups excluding carboxylic acids is 1. The molecule has 0 fully saturated rings. The second kappa shape index (κ2) is 7.11. The summed E-state index contributed by atoms with van der Waals surface area (Å²) in [4.78, 5) is 13.3. The Morgan fingerprint density at radius 2 is 2.00 bits per heavy atom. The normalized spacial score (nSPS) is 10.7. The van der Waals surface area contributed by atoms with E-state index in [0.29, 0.717) is 12.2 Å². The zero-order chi connectivity index (χ0) is 13.5. The Morgan fingerprint density at radius 3 is 2.50 bits per heavy atom. The predicted molar refractivity (Wildman–Crippen MR) is 69.7 cm³/mol. The molecule has 1 aromatic rings. The number of carbonyl (C=O) groups is 1. The third-order valence-corrected chi connectivity index (χ3v) is 2.90. The lowest BCUT2D eigenvalue weighted by Gasteiger charge is -2.18. The summed E-state index contributed by atoms with van der Waals surface area (Å²) in [6, 6.07) is 4.31. The first kappa shape index (κ1) is 14.6. The van der Waals surface area contributed by atoms with Crippen molar-refractivity contribution >= 4 is 5.78 Å². The summed E-state index contributed by atoms with van der Waals surface area (Å²) in [6.07, 6.45) is 0.